The highest BCUT2D eigenvalue weighted by Crippen LogP contribution is 2.51. The van der Waals surface area contributed by atoms with Crippen molar-refractivity contribution < 1.29 is 41.8 Å². The first kappa shape index (κ1) is 67.8. The van der Waals surface area contributed by atoms with Crippen molar-refractivity contribution in [2.24, 2.45) is 5.10 Å². The number of piperazine rings is 1. The second kappa shape index (κ2) is 30.1. The van der Waals surface area contributed by atoms with E-state index in [1.165, 1.54) is 21.7 Å². The van der Waals surface area contributed by atoms with Gasteiger partial charge in [-0.3, -0.25) is 9.69 Å². The van der Waals surface area contributed by atoms with Crippen molar-refractivity contribution >= 4 is 68.7 Å². The molecule has 0 spiro atoms. The molecule has 4 amide bonds. The molecule has 4 aliphatic rings. The van der Waals surface area contributed by atoms with Crippen LogP contribution in [-0.4, -0.2) is 148 Å². The maximum Gasteiger partial charge on any atom is 0.407 e. The minimum absolute atomic E-state index is 0.0175. The molecule has 17 nitrogen and oxygen atoms in total. The summed E-state index contributed by atoms with van der Waals surface area (Å²) in [6, 6.07) is 26.1. The van der Waals surface area contributed by atoms with Gasteiger partial charge in [0.05, 0.1) is 41.9 Å². The van der Waals surface area contributed by atoms with E-state index in [0.29, 0.717) is 69.4 Å². The number of hydrogen-bond donors (Lipinski definition) is 1. The van der Waals surface area contributed by atoms with Gasteiger partial charge < -0.3 is 39.1 Å². The van der Waals surface area contributed by atoms with Crippen LogP contribution in [0.15, 0.2) is 102 Å². The Balaban J connectivity index is 0.00000507. The van der Waals surface area contributed by atoms with Crippen LogP contribution in [0.3, 0.4) is 0 Å². The van der Waals surface area contributed by atoms with Gasteiger partial charge in [0.1, 0.15) is 39.6 Å². The van der Waals surface area contributed by atoms with E-state index in [2.05, 4.69) is 45.7 Å². The lowest BCUT2D eigenvalue weighted by molar-refractivity contribution is -0.131. The number of amides is 4. The summed E-state index contributed by atoms with van der Waals surface area (Å²) < 4.78 is 62.9. The molecule has 0 radical (unpaired) electrons. The Morgan fingerprint density at radius 3 is 2.44 bits per heavy atom. The molecule has 2 fully saturated rings. The lowest BCUT2D eigenvalue weighted by Crippen LogP contribution is -2.55. The number of carbonyl (C=O) groups is 3. The Morgan fingerprint density at radius 2 is 1.71 bits per heavy atom. The van der Waals surface area contributed by atoms with Gasteiger partial charge >= 0.3 is 18.1 Å². The van der Waals surface area contributed by atoms with Gasteiger partial charge in [0, 0.05) is 80.2 Å². The lowest BCUT2D eigenvalue weighted by Gasteiger charge is -2.42. The molecule has 478 valence electrons. The number of halogens is 4. The smallest absolute Gasteiger partial charge is 0.407 e. The third-order valence-electron chi connectivity index (χ3n) is 16.8. The minimum atomic E-state index is -1.20. The number of urea groups is 1. The zero-order valence-corrected chi connectivity index (χ0v) is 54.4. The summed E-state index contributed by atoms with van der Waals surface area (Å²) in [6.07, 6.45) is 4.75. The zero-order valence-electron chi connectivity index (χ0n) is 52.8. The predicted octanol–water partition coefficient (Wildman–Crippen LogP) is 13.4. The largest absolute Gasteiger partial charge is 0.462 e. The summed E-state index contributed by atoms with van der Waals surface area (Å²) >= 11 is 8.00. The summed E-state index contributed by atoms with van der Waals surface area (Å²) in [5.41, 5.74) is 2.00. The number of nitrogens with zero attached hydrogens (tertiary/aromatic N) is 10. The highest BCUT2D eigenvalue weighted by molar-refractivity contribution is 8.15. The summed E-state index contributed by atoms with van der Waals surface area (Å²) in [6.45, 7) is 23.2. The van der Waals surface area contributed by atoms with E-state index in [1.54, 1.807) is 32.7 Å². The van der Waals surface area contributed by atoms with Crippen molar-refractivity contribution in [2.45, 2.75) is 154 Å². The van der Waals surface area contributed by atoms with E-state index in [9.17, 15) is 23.6 Å². The van der Waals surface area contributed by atoms with Crippen LogP contribution in [0.4, 0.5) is 34.3 Å². The Morgan fingerprint density at radius 1 is 0.955 bits per heavy atom. The number of benzene rings is 4. The van der Waals surface area contributed by atoms with E-state index < -0.39 is 57.5 Å². The number of hydrazone groups is 1. The van der Waals surface area contributed by atoms with E-state index in [4.69, 9.17) is 40.9 Å². The number of alkyl carbamates (subject to hydrolysis) is 1. The molecule has 4 aliphatic heterocycles. The van der Waals surface area contributed by atoms with Gasteiger partial charge in [0.25, 0.3) is 5.91 Å². The molecule has 9 rings (SSSR count). The van der Waals surface area contributed by atoms with Crippen LogP contribution < -0.4 is 19.9 Å². The van der Waals surface area contributed by atoms with E-state index in [1.807, 2.05) is 88.4 Å². The number of aromatic nitrogens is 2. The van der Waals surface area contributed by atoms with E-state index in [0.717, 1.165) is 90.3 Å². The third-order valence-corrected chi connectivity index (χ3v) is 18.6. The van der Waals surface area contributed by atoms with E-state index >= 15 is 9.18 Å². The summed E-state index contributed by atoms with van der Waals surface area (Å²) in [5, 5.41) is 21.6. The van der Waals surface area contributed by atoms with Gasteiger partial charge in [-0.05, 0) is 147 Å². The molecular weight excluding hydrogens is 1180 g/mol. The highest BCUT2D eigenvalue weighted by Gasteiger charge is 2.51. The topological polar surface area (TPSA) is 172 Å². The van der Waals surface area contributed by atoms with Gasteiger partial charge in [-0.15, -0.1) is 0 Å². The van der Waals surface area contributed by atoms with Crippen LogP contribution in [0.5, 0.6) is 6.01 Å². The quantitative estimate of drug-likeness (QED) is 0.0513. The fourth-order valence-corrected chi connectivity index (χ4v) is 13.6. The molecule has 0 bridgehead atoms. The molecule has 89 heavy (non-hydrogen) atoms. The second-order valence-electron chi connectivity index (χ2n) is 24.4. The van der Waals surface area contributed by atoms with Gasteiger partial charge in [-0.2, -0.15) is 25.3 Å². The molecule has 2 unspecified atom stereocenters. The van der Waals surface area contributed by atoms with Crippen molar-refractivity contribution in [1.29, 1.82) is 5.26 Å². The molecule has 5 aromatic rings. The van der Waals surface area contributed by atoms with Crippen LogP contribution in [-0.2, 0) is 32.1 Å². The lowest BCUT2D eigenvalue weighted by atomic mass is 9.98. The first-order chi connectivity index (χ1) is 42.5. The molecule has 22 heteroatoms. The standard InChI is InChI=1S/C65H79ClF3N11O6S.C2H6/c1-43(84-38-30-64(6,7)75(8)62(83)80-65(46-20-10-9-11-21-46,29-16-32-71-61(82)86-63(3,4)5)87-58(74-80)51-39-47(68)25-26-53(51)69)17-14-33-76-34-15-22-49(76)42-85-60-72-54-41-77(55-24-13-19-45-18-12-23-52(66)56(45)55)35-28-50(54)57(73-60)78-36-37-79(59(81)44(2)67)48(40-78)27-31-70;1-2/h9-13,18-21,23-26,39,43,48-49H,2,14-17,22,27-30,32-38,40-42H2,1,3-8H3,(H,71,82);1-2H3/t43?,48-,49?,65-;/m0./s1. The van der Waals surface area contributed by atoms with Crippen LogP contribution in [0.1, 0.15) is 129 Å². The Hall–Kier alpha value is -7.12. The Kier molecular flexibility index (Phi) is 23.0. The molecule has 4 atom stereocenters. The van der Waals surface area contributed by atoms with Gasteiger partial charge in [-0.1, -0.05) is 98.4 Å². The average molecular weight is 1270 g/mol. The molecule has 5 heterocycles. The van der Waals surface area contributed by atoms with Crippen LogP contribution in [0, 0.1) is 23.0 Å². The molecule has 0 aliphatic carbocycles. The first-order valence-corrected chi connectivity index (χ1v) is 32.2. The number of ether oxygens (including phenoxy) is 3. The molecule has 1 N–H and O–H groups in total. The van der Waals surface area contributed by atoms with Gasteiger partial charge in [-0.25, -0.2) is 22.8 Å². The molecule has 0 saturated carbocycles. The SMILES string of the molecule is C=C(F)C(=O)N1CCN(c2nc(OCC3CCCN3CCCC(C)OCCC(C)(C)N(C)C(=O)N3N=C(c4cc(F)ccc4F)S[C@@]3(CCCNC(=O)OC(C)(C)C)c3ccccc3)nc3c2CCN(c2cccc4cccc(Cl)c24)C3)C[C@@H]1CC#N.CC. The molecule has 4 aromatic carbocycles. The highest BCUT2D eigenvalue weighted by atomic mass is 35.5. The summed E-state index contributed by atoms with van der Waals surface area (Å²) in [5.74, 6) is -2.49. The predicted molar refractivity (Wildman–Crippen MR) is 346 cm³/mol. The number of fused-ring (bicyclic) bond motifs is 2. The number of nitriles is 1. The fourth-order valence-electron chi connectivity index (χ4n) is 11.9. The maximum atomic E-state index is 15.5. The monoisotopic (exact) mass is 1260 g/mol. The van der Waals surface area contributed by atoms with Gasteiger partial charge in [0.15, 0.2) is 5.83 Å². The van der Waals surface area contributed by atoms with E-state index in [-0.39, 0.29) is 54.8 Å². The van der Waals surface area contributed by atoms with Crippen molar-refractivity contribution in [3.8, 4) is 12.1 Å². The Labute approximate surface area is 531 Å². The van der Waals surface area contributed by atoms with Crippen molar-refractivity contribution in [3.05, 3.63) is 136 Å². The van der Waals surface area contributed by atoms with Crippen molar-refractivity contribution in [1.82, 2.24) is 35.0 Å². The summed E-state index contributed by atoms with van der Waals surface area (Å²) in [7, 11) is 1.71. The normalized spacial score (nSPS) is 19.0. The number of thioether (sulfide) groups is 1. The second-order valence-corrected chi connectivity index (χ2v) is 26.1. The number of hydrogen-bond acceptors (Lipinski definition) is 14. The number of anilines is 2. The van der Waals surface area contributed by atoms with Crippen molar-refractivity contribution in [2.75, 3.05) is 75.9 Å². The average Bonchev–Trinajstić information content (AvgIpc) is 1.72. The number of likely N-dealkylation sites (tertiary alicyclic amines) is 1. The van der Waals surface area contributed by atoms with Crippen molar-refractivity contribution in [3.63, 3.8) is 0 Å². The first-order valence-electron chi connectivity index (χ1n) is 31.0. The van der Waals surface area contributed by atoms with Crippen LogP contribution >= 0.6 is 23.4 Å². The molecule has 2 saturated heterocycles. The Bertz CT molecular complexity index is 3380. The number of nitrogens with one attached hydrogen (secondary N) is 1. The third kappa shape index (κ3) is 16.5. The molecular formula is C67H85ClF3N11O6S. The summed E-state index contributed by atoms with van der Waals surface area (Å²) in [4.78, 5) is 59.3. The van der Waals surface area contributed by atoms with Gasteiger partial charge in [0.2, 0.25) is 0 Å². The minimum Gasteiger partial charge on any atom is -0.462 e. The number of rotatable bonds is 22. The fraction of sp³-hybridized carbons (Fsp3) is 0.507. The van der Waals surface area contributed by atoms with Crippen LogP contribution in [0.2, 0.25) is 5.02 Å². The zero-order chi connectivity index (χ0) is 64.2. The molecule has 1 aromatic heterocycles. The number of carbonyl (C=O) groups excluding carboxylic acids is 3. The van der Waals surface area contributed by atoms with Crippen LogP contribution in [0.25, 0.3) is 10.8 Å². The maximum absolute atomic E-state index is 15.5.